The first-order valence-electron chi connectivity index (χ1n) is 6.35. The molecule has 0 aliphatic carbocycles. The smallest absolute Gasteiger partial charge is 0.330 e. The van der Waals surface area contributed by atoms with Gasteiger partial charge in [-0.3, -0.25) is 4.98 Å². The van der Waals surface area contributed by atoms with Crippen molar-refractivity contribution >= 4 is 17.7 Å². The first-order valence-corrected chi connectivity index (χ1v) is 6.35. The van der Waals surface area contributed by atoms with Crippen molar-refractivity contribution in [3.8, 4) is 0 Å². The SMILES string of the molecule is Cc1ncccc1NC(=O)N[C@@H](C(=O)O)c1ccccc1. The number of hydrogen-bond acceptors (Lipinski definition) is 3. The van der Waals surface area contributed by atoms with E-state index in [2.05, 4.69) is 15.6 Å². The Morgan fingerprint density at radius 2 is 1.86 bits per heavy atom. The lowest BCUT2D eigenvalue weighted by Gasteiger charge is -2.16. The van der Waals surface area contributed by atoms with E-state index in [1.54, 1.807) is 55.6 Å². The summed E-state index contributed by atoms with van der Waals surface area (Å²) in [5.74, 6) is -1.13. The predicted octanol–water partition coefficient (Wildman–Crippen LogP) is 2.34. The Bertz CT molecular complexity index is 644. The average Bonchev–Trinajstić information content (AvgIpc) is 2.48. The average molecular weight is 285 g/mol. The third kappa shape index (κ3) is 3.79. The Kier molecular flexibility index (Phi) is 4.50. The number of aromatic nitrogens is 1. The van der Waals surface area contributed by atoms with E-state index in [0.717, 1.165) is 0 Å². The number of aliphatic carboxylic acids is 1. The molecular formula is C15H15N3O3. The van der Waals surface area contributed by atoms with Crippen LogP contribution in [-0.4, -0.2) is 22.1 Å². The summed E-state index contributed by atoms with van der Waals surface area (Å²) >= 11 is 0. The van der Waals surface area contributed by atoms with Crippen molar-refractivity contribution in [2.45, 2.75) is 13.0 Å². The number of nitrogens with zero attached hydrogens (tertiary/aromatic N) is 1. The second kappa shape index (κ2) is 6.51. The molecule has 0 unspecified atom stereocenters. The van der Waals surface area contributed by atoms with Crippen LogP contribution in [0.25, 0.3) is 0 Å². The molecule has 1 atom stereocenters. The molecule has 0 saturated heterocycles. The van der Waals surface area contributed by atoms with E-state index >= 15 is 0 Å². The largest absolute Gasteiger partial charge is 0.479 e. The van der Waals surface area contributed by atoms with Crippen molar-refractivity contribution < 1.29 is 14.7 Å². The highest BCUT2D eigenvalue weighted by Crippen LogP contribution is 2.14. The van der Waals surface area contributed by atoms with Gasteiger partial charge in [-0.05, 0) is 24.6 Å². The van der Waals surface area contributed by atoms with Gasteiger partial charge in [0.25, 0.3) is 0 Å². The van der Waals surface area contributed by atoms with Gasteiger partial charge in [-0.1, -0.05) is 30.3 Å². The van der Waals surface area contributed by atoms with E-state index in [9.17, 15) is 14.7 Å². The predicted molar refractivity (Wildman–Crippen MR) is 77.9 cm³/mol. The number of anilines is 1. The van der Waals surface area contributed by atoms with Gasteiger partial charge in [0.2, 0.25) is 0 Å². The van der Waals surface area contributed by atoms with Gasteiger partial charge in [-0.15, -0.1) is 0 Å². The Labute approximate surface area is 121 Å². The van der Waals surface area contributed by atoms with E-state index in [1.807, 2.05) is 0 Å². The lowest BCUT2D eigenvalue weighted by Crippen LogP contribution is -2.36. The van der Waals surface area contributed by atoms with E-state index in [0.29, 0.717) is 16.9 Å². The summed E-state index contributed by atoms with van der Waals surface area (Å²) < 4.78 is 0. The van der Waals surface area contributed by atoms with E-state index in [4.69, 9.17) is 0 Å². The fraction of sp³-hybridized carbons (Fsp3) is 0.133. The van der Waals surface area contributed by atoms with E-state index in [-0.39, 0.29) is 0 Å². The van der Waals surface area contributed by atoms with Gasteiger partial charge in [0, 0.05) is 6.20 Å². The van der Waals surface area contributed by atoms with Crippen LogP contribution in [0, 0.1) is 6.92 Å². The molecule has 21 heavy (non-hydrogen) atoms. The zero-order valence-corrected chi connectivity index (χ0v) is 11.4. The van der Waals surface area contributed by atoms with Gasteiger partial charge in [0.1, 0.15) is 0 Å². The first-order chi connectivity index (χ1) is 10.1. The number of amides is 2. The summed E-state index contributed by atoms with van der Waals surface area (Å²) in [5.41, 5.74) is 1.69. The van der Waals surface area contributed by atoms with Gasteiger partial charge < -0.3 is 15.7 Å². The van der Waals surface area contributed by atoms with Crippen LogP contribution in [-0.2, 0) is 4.79 Å². The first kappa shape index (κ1) is 14.5. The summed E-state index contributed by atoms with van der Waals surface area (Å²) in [6, 6.07) is 10.2. The number of carbonyl (C=O) groups excluding carboxylic acids is 1. The van der Waals surface area contributed by atoms with Crippen LogP contribution in [0.1, 0.15) is 17.3 Å². The third-order valence-electron chi connectivity index (χ3n) is 2.91. The number of aryl methyl sites for hydroxylation is 1. The Hall–Kier alpha value is -2.89. The summed E-state index contributed by atoms with van der Waals surface area (Å²) in [5, 5.41) is 14.3. The van der Waals surface area contributed by atoms with Gasteiger partial charge >= 0.3 is 12.0 Å². The normalized spacial score (nSPS) is 11.5. The second-order valence-corrected chi connectivity index (χ2v) is 4.42. The number of carbonyl (C=O) groups is 2. The molecule has 1 aromatic carbocycles. The van der Waals surface area contributed by atoms with Gasteiger partial charge in [0.05, 0.1) is 11.4 Å². The molecule has 2 rings (SSSR count). The van der Waals surface area contributed by atoms with Crippen LogP contribution in [0.5, 0.6) is 0 Å². The van der Waals surface area contributed by atoms with E-state index < -0.39 is 18.0 Å². The summed E-state index contributed by atoms with van der Waals surface area (Å²) in [4.78, 5) is 27.3. The Morgan fingerprint density at radius 1 is 1.14 bits per heavy atom. The zero-order valence-electron chi connectivity index (χ0n) is 11.4. The molecule has 1 heterocycles. The molecular weight excluding hydrogens is 270 g/mol. The highest BCUT2D eigenvalue weighted by atomic mass is 16.4. The van der Waals surface area contributed by atoms with Crippen molar-refractivity contribution in [2.75, 3.05) is 5.32 Å². The number of carboxylic acid groups (broad SMARTS) is 1. The summed E-state index contributed by atoms with van der Waals surface area (Å²) in [7, 11) is 0. The lowest BCUT2D eigenvalue weighted by atomic mass is 10.1. The van der Waals surface area contributed by atoms with Crippen molar-refractivity contribution in [3.63, 3.8) is 0 Å². The van der Waals surface area contributed by atoms with Crippen LogP contribution >= 0.6 is 0 Å². The fourth-order valence-electron chi connectivity index (χ4n) is 1.84. The zero-order chi connectivity index (χ0) is 15.2. The molecule has 0 fully saturated rings. The molecule has 2 amide bonds. The number of hydrogen-bond donors (Lipinski definition) is 3. The molecule has 108 valence electrons. The van der Waals surface area contributed by atoms with E-state index in [1.165, 1.54) is 0 Å². The van der Waals surface area contributed by atoms with Gasteiger partial charge in [-0.25, -0.2) is 9.59 Å². The second-order valence-electron chi connectivity index (χ2n) is 4.42. The van der Waals surface area contributed by atoms with Crippen LogP contribution in [0.3, 0.4) is 0 Å². The standard InChI is InChI=1S/C15H15N3O3/c1-10-12(8-5-9-16-10)17-15(21)18-13(14(19)20)11-6-3-2-4-7-11/h2-9,13H,1H3,(H,19,20)(H2,17,18,21)/t13-/m1/s1. The monoisotopic (exact) mass is 285 g/mol. The van der Waals surface area contributed by atoms with Crippen molar-refractivity contribution in [3.05, 3.63) is 59.9 Å². The Balaban J connectivity index is 2.10. The Morgan fingerprint density at radius 3 is 2.48 bits per heavy atom. The third-order valence-corrected chi connectivity index (χ3v) is 2.91. The number of benzene rings is 1. The molecule has 0 aliphatic heterocycles. The molecule has 0 saturated carbocycles. The molecule has 0 spiro atoms. The number of rotatable bonds is 4. The maximum Gasteiger partial charge on any atom is 0.330 e. The van der Waals surface area contributed by atoms with Crippen LogP contribution in [0.4, 0.5) is 10.5 Å². The number of pyridine rings is 1. The summed E-state index contributed by atoms with van der Waals surface area (Å²) in [6.07, 6.45) is 1.61. The maximum absolute atomic E-state index is 11.9. The lowest BCUT2D eigenvalue weighted by molar-refractivity contribution is -0.139. The number of urea groups is 1. The van der Waals surface area contributed by atoms with Crippen molar-refractivity contribution in [2.24, 2.45) is 0 Å². The van der Waals surface area contributed by atoms with Gasteiger partial charge in [0.15, 0.2) is 6.04 Å². The van der Waals surface area contributed by atoms with Crippen LogP contribution in [0.15, 0.2) is 48.7 Å². The molecule has 0 aliphatic rings. The minimum atomic E-state index is -1.13. The topological polar surface area (TPSA) is 91.3 Å². The summed E-state index contributed by atoms with van der Waals surface area (Å²) in [6.45, 7) is 1.75. The minimum Gasteiger partial charge on any atom is -0.479 e. The fourth-order valence-corrected chi connectivity index (χ4v) is 1.84. The van der Waals surface area contributed by atoms with Crippen LogP contribution in [0.2, 0.25) is 0 Å². The molecule has 6 heteroatoms. The molecule has 1 aromatic heterocycles. The van der Waals surface area contributed by atoms with Crippen LogP contribution < -0.4 is 10.6 Å². The molecule has 6 nitrogen and oxygen atoms in total. The van der Waals surface area contributed by atoms with Crippen molar-refractivity contribution in [1.82, 2.24) is 10.3 Å². The number of nitrogens with one attached hydrogen (secondary N) is 2. The minimum absolute atomic E-state index is 0.503. The van der Waals surface area contributed by atoms with Gasteiger partial charge in [-0.2, -0.15) is 0 Å². The highest BCUT2D eigenvalue weighted by Gasteiger charge is 2.21. The maximum atomic E-state index is 11.9. The quantitative estimate of drug-likeness (QED) is 0.804. The molecule has 3 N–H and O–H groups in total. The number of carboxylic acids is 1. The van der Waals surface area contributed by atoms with Crippen molar-refractivity contribution in [1.29, 1.82) is 0 Å². The molecule has 2 aromatic rings. The molecule has 0 bridgehead atoms. The highest BCUT2D eigenvalue weighted by molar-refractivity contribution is 5.92. The molecule has 0 radical (unpaired) electrons.